The molecule has 100 valence electrons. The first-order valence-electron chi connectivity index (χ1n) is 6.22. The zero-order valence-corrected chi connectivity index (χ0v) is 11.6. The molecule has 0 saturated carbocycles. The maximum absolute atomic E-state index is 9.59. The normalized spacial score (nSPS) is 12.2. The predicted molar refractivity (Wildman–Crippen MR) is 78.0 cm³/mol. The molecule has 0 saturated heterocycles. The van der Waals surface area contributed by atoms with Crippen LogP contribution < -0.4 is 4.74 Å². The molecule has 0 radical (unpaired) electrons. The van der Waals surface area contributed by atoms with E-state index in [4.69, 9.17) is 16.3 Å². The van der Waals surface area contributed by atoms with Crippen molar-refractivity contribution in [2.45, 2.75) is 12.3 Å². The molecule has 2 nitrogen and oxygen atoms in total. The molecule has 2 rings (SSSR count). The molecule has 0 amide bonds. The molecule has 0 aromatic heterocycles. The number of aliphatic hydroxyl groups is 1. The van der Waals surface area contributed by atoms with Crippen LogP contribution in [0.4, 0.5) is 0 Å². The van der Waals surface area contributed by atoms with E-state index in [9.17, 15) is 5.11 Å². The van der Waals surface area contributed by atoms with E-state index in [0.29, 0.717) is 0 Å². The van der Waals surface area contributed by atoms with Crippen LogP contribution in [0.15, 0.2) is 48.5 Å². The molecule has 19 heavy (non-hydrogen) atoms. The van der Waals surface area contributed by atoms with Crippen LogP contribution in [-0.4, -0.2) is 18.8 Å². The molecule has 0 aliphatic rings. The van der Waals surface area contributed by atoms with Crippen molar-refractivity contribution in [2.24, 2.45) is 0 Å². The van der Waals surface area contributed by atoms with Crippen molar-refractivity contribution in [3.8, 4) is 5.75 Å². The van der Waals surface area contributed by atoms with Crippen LogP contribution in [0.1, 0.15) is 17.0 Å². The van der Waals surface area contributed by atoms with E-state index in [-0.39, 0.29) is 12.5 Å². The summed E-state index contributed by atoms with van der Waals surface area (Å²) < 4.78 is 5.22. The Hall–Kier alpha value is -1.51. The van der Waals surface area contributed by atoms with Gasteiger partial charge in [-0.1, -0.05) is 35.9 Å². The van der Waals surface area contributed by atoms with Crippen molar-refractivity contribution in [1.82, 2.24) is 0 Å². The standard InChI is InChI=1S/C16H17ClO2/c1-19-16-4-2-3-13(10-16)14(11-18)9-12-5-7-15(17)8-6-12/h2-8,10,14,18H,9,11H2,1H3. The van der Waals surface area contributed by atoms with Crippen LogP contribution in [0.3, 0.4) is 0 Å². The number of ether oxygens (including phenoxy) is 1. The van der Waals surface area contributed by atoms with Gasteiger partial charge in [-0.2, -0.15) is 0 Å². The lowest BCUT2D eigenvalue weighted by atomic mass is 9.92. The van der Waals surface area contributed by atoms with Gasteiger partial charge in [0.25, 0.3) is 0 Å². The third-order valence-corrected chi connectivity index (χ3v) is 3.43. The van der Waals surface area contributed by atoms with E-state index in [1.165, 1.54) is 0 Å². The van der Waals surface area contributed by atoms with Gasteiger partial charge in [-0.3, -0.25) is 0 Å². The minimum Gasteiger partial charge on any atom is -0.497 e. The van der Waals surface area contributed by atoms with Crippen molar-refractivity contribution < 1.29 is 9.84 Å². The van der Waals surface area contributed by atoms with E-state index in [1.807, 2.05) is 48.5 Å². The van der Waals surface area contributed by atoms with Gasteiger partial charge in [0, 0.05) is 10.9 Å². The molecule has 2 aromatic carbocycles. The highest BCUT2D eigenvalue weighted by Crippen LogP contribution is 2.24. The highest BCUT2D eigenvalue weighted by molar-refractivity contribution is 6.30. The minimum absolute atomic E-state index is 0.0660. The first-order chi connectivity index (χ1) is 9.22. The summed E-state index contributed by atoms with van der Waals surface area (Å²) in [6, 6.07) is 15.6. The lowest BCUT2D eigenvalue weighted by molar-refractivity contribution is 0.264. The molecule has 0 spiro atoms. The van der Waals surface area contributed by atoms with Crippen molar-refractivity contribution >= 4 is 11.6 Å². The SMILES string of the molecule is COc1cccc(C(CO)Cc2ccc(Cl)cc2)c1. The third kappa shape index (κ3) is 3.72. The fourth-order valence-corrected chi connectivity index (χ4v) is 2.21. The maximum Gasteiger partial charge on any atom is 0.119 e. The molecule has 0 aliphatic carbocycles. The Morgan fingerprint density at radius 3 is 2.53 bits per heavy atom. The topological polar surface area (TPSA) is 29.5 Å². The van der Waals surface area contributed by atoms with Crippen molar-refractivity contribution in [3.05, 3.63) is 64.7 Å². The zero-order valence-electron chi connectivity index (χ0n) is 10.8. The van der Waals surface area contributed by atoms with Crippen molar-refractivity contribution in [3.63, 3.8) is 0 Å². The summed E-state index contributed by atoms with van der Waals surface area (Å²) in [6.45, 7) is 0.107. The summed E-state index contributed by atoms with van der Waals surface area (Å²) in [5, 5.41) is 10.3. The highest BCUT2D eigenvalue weighted by Gasteiger charge is 2.12. The molecular weight excluding hydrogens is 260 g/mol. The summed E-state index contributed by atoms with van der Waals surface area (Å²) in [7, 11) is 1.65. The van der Waals surface area contributed by atoms with Gasteiger partial charge >= 0.3 is 0 Å². The van der Waals surface area contributed by atoms with E-state index in [0.717, 1.165) is 28.3 Å². The Bertz CT molecular complexity index is 523. The molecule has 2 aromatic rings. The maximum atomic E-state index is 9.59. The predicted octanol–water partition coefficient (Wildman–Crippen LogP) is 3.67. The van der Waals surface area contributed by atoms with Gasteiger partial charge in [-0.05, 0) is 41.8 Å². The average molecular weight is 277 g/mol. The van der Waals surface area contributed by atoms with Crippen molar-refractivity contribution in [1.29, 1.82) is 0 Å². The summed E-state index contributed by atoms with van der Waals surface area (Å²) >= 11 is 5.87. The lowest BCUT2D eigenvalue weighted by Crippen LogP contribution is -2.08. The van der Waals surface area contributed by atoms with E-state index in [1.54, 1.807) is 7.11 Å². The molecule has 0 fully saturated rings. The molecule has 0 aliphatic heterocycles. The number of methoxy groups -OCH3 is 1. The second-order valence-electron chi connectivity index (χ2n) is 4.49. The summed E-state index contributed by atoms with van der Waals surface area (Å²) in [5.41, 5.74) is 2.24. The summed E-state index contributed by atoms with van der Waals surface area (Å²) in [4.78, 5) is 0. The average Bonchev–Trinajstić information content (AvgIpc) is 2.46. The van der Waals surface area contributed by atoms with Gasteiger partial charge in [-0.25, -0.2) is 0 Å². The minimum atomic E-state index is 0.0660. The van der Waals surface area contributed by atoms with Crippen LogP contribution >= 0.6 is 11.6 Å². The number of hydrogen-bond donors (Lipinski definition) is 1. The smallest absolute Gasteiger partial charge is 0.119 e. The molecule has 3 heteroatoms. The van der Waals surface area contributed by atoms with Gasteiger partial charge in [0.1, 0.15) is 5.75 Å². The number of benzene rings is 2. The fraction of sp³-hybridized carbons (Fsp3) is 0.250. The summed E-state index contributed by atoms with van der Waals surface area (Å²) in [6.07, 6.45) is 0.779. The van der Waals surface area contributed by atoms with E-state index in [2.05, 4.69) is 0 Å². The van der Waals surface area contributed by atoms with Crippen LogP contribution in [0.5, 0.6) is 5.75 Å². The monoisotopic (exact) mass is 276 g/mol. The van der Waals surface area contributed by atoms with Crippen LogP contribution in [-0.2, 0) is 6.42 Å². The molecule has 1 atom stereocenters. The Labute approximate surface area is 118 Å². The Morgan fingerprint density at radius 2 is 1.89 bits per heavy atom. The van der Waals surface area contributed by atoms with Gasteiger partial charge in [-0.15, -0.1) is 0 Å². The van der Waals surface area contributed by atoms with E-state index < -0.39 is 0 Å². The Kier molecular flexibility index (Phi) is 4.83. The largest absolute Gasteiger partial charge is 0.497 e. The van der Waals surface area contributed by atoms with Gasteiger partial charge in [0.05, 0.1) is 13.7 Å². The van der Waals surface area contributed by atoms with Crippen LogP contribution in [0.2, 0.25) is 5.02 Å². The van der Waals surface area contributed by atoms with Gasteiger partial charge < -0.3 is 9.84 Å². The summed E-state index contributed by atoms with van der Waals surface area (Å²) in [5.74, 6) is 0.878. The Morgan fingerprint density at radius 1 is 1.16 bits per heavy atom. The number of hydrogen-bond acceptors (Lipinski definition) is 2. The number of aliphatic hydroxyl groups excluding tert-OH is 1. The van der Waals surface area contributed by atoms with E-state index >= 15 is 0 Å². The molecule has 0 bridgehead atoms. The van der Waals surface area contributed by atoms with Crippen LogP contribution in [0.25, 0.3) is 0 Å². The quantitative estimate of drug-likeness (QED) is 0.903. The highest BCUT2D eigenvalue weighted by atomic mass is 35.5. The third-order valence-electron chi connectivity index (χ3n) is 3.18. The fourth-order valence-electron chi connectivity index (χ4n) is 2.09. The first kappa shape index (κ1) is 13.9. The second-order valence-corrected chi connectivity index (χ2v) is 4.92. The van der Waals surface area contributed by atoms with Gasteiger partial charge in [0.2, 0.25) is 0 Å². The zero-order chi connectivity index (χ0) is 13.7. The molecule has 0 heterocycles. The molecule has 1 N–H and O–H groups in total. The van der Waals surface area contributed by atoms with Crippen LogP contribution in [0, 0.1) is 0 Å². The van der Waals surface area contributed by atoms with Crippen molar-refractivity contribution in [2.75, 3.05) is 13.7 Å². The first-order valence-corrected chi connectivity index (χ1v) is 6.60. The molecular formula is C16H17ClO2. The Balaban J connectivity index is 2.17. The number of rotatable bonds is 5. The molecule has 1 unspecified atom stereocenters. The lowest BCUT2D eigenvalue weighted by Gasteiger charge is -2.15. The number of halogens is 1. The second kappa shape index (κ2) is 6.60. The van der Waals surface area contributed by atoms with Gasteiger partial charge in [0.15, 0.2) is 0 Å².